The summed E-state index contributed by atoms with van der Waals surface area (Å²) in [4.78, 5) is 14.3. The van der Waals surface area contributed by atoms with Crippen LogP contribution in [0.3, 0.4) is 0 Å². The van der Waals surface area contributed by atoms with Gasteiger partial charge in [-0.15, -0.1) is 10.2 Å². The smallest absolute Gasteiger partial charge is 0.242 e. The number of hydrogen-bond donors (Lipinski definition) is 1. The van der Waals surface area contributed by atoms with Crippen LogP contribution in [0.4, 0.5) is 5.82 Å². The molecule has 0 radical (unpaired) electrons. The first kappa shape index (κ1) is 13.7. The van der Waals surface area contributed by atoms with Crippen LogP contribution in [0.1, 0.15) is 24.3 Å². The Morgan fingerprint density at radius 3 is 2.90 bits per heavy atom. The zero-order valence-corrected chi connectivity index (χ0v) is 12.3. The molecule has 1 N–H and O–H groups in total. The van der Waals surface area contributed by atoms with Gasteiger partial charge in [0.1, 0.15) is 17.4 Å². The molecule has 3 rings (SSSR count). The highest BCUT2D eigenvalue weighted by molar-refractivity contribution is 5.93. The van der Waals surface area contributed by atoms with E-state index in [1.54, 1.807) is 13.0 Å². The lowest BCUT2D eigenvalue weighted by Gasteiger charge is -2.31. The summed E-state index contributed by atoms with van der Waals surface area (Å²) in [6, 6.07) is 1.42. The van der Waals surface area contributed by atoms with Gasteiger partial charge in [-0.1, -0.05) is 5.16 Å². The molecule has 8 heteroatoms. The van der Waals surface area contributed by atoms with E-state index in [1.807, 2.05) is 13.8 Å². The topological polar surface area (TPSA) is 89.1 Å². The van der Waals surface area contributed by atoms with Gasteiger partial charge in [0.15, 0.2) is 5.82 Å². The summed E-state index contributed by atoms with van der Waals surface area (Å²) in [5.41, 5.74) is 0. The average Bonchev–Trinajstić information content (AvgIpc) is 3.04. The summed E-state index contributed by atoms with van der Waals surface area (Å²) in [7, 11) is 0. The zero-order chi connectivity index (χ0) is 15.0. The van der Waals surface area contributed by atoms with Crippen molar-refractivity contribution in [2.75, 3.05) is 11.9 Å². The number of fused-ring (bicyclic) bond motifs is 1. The summed E-state index contributed by atoms with van der Waals surface area (Å²) in [5.74, 6) is 2.82. The molecule has 21 heavy (non-hydrogen) atoms. The molecule has 0 unspecified atom stereocenters. The summed E-state index contributed by atoms with van der Waals surface area (Å²) < 4.78 is 7.03. The Hall–Kier alpha value is -2.22. The molecule has 1 aliphatic rings. The highest BCUT2D eigenvalue weighted by atomic mass is 16.5. The number of aromatic nitrogens is 4. The lowest BCUT2D eigenvalue weighted by molar-refractivity contribution is -0.121. The van der Waals surface area contributed by atoms with E-state index in [1.165, 1.54) is 0 Å². The fourth-order valence-electron chi connectivity index (χ4n) is 2.47. The second kappa shape index (κ2) is 5.28. The lowest BCUT2D eigenvalue weighted by Crippen LogP contribution is -2.46. The fraction of sp³-hybridized carbons (Fsp3) is 0.538. The molecule has 2 aromatic heterocycles. The van der Waals surface area contributed by atoms with Crippen molar-refractivity contribution in [3.05, 3.63) is 23.5 Å². The highest BCUT2D eigenvalue weighted by Gasteiger charge is 2.27. The van der Waals surface area contributed by atoms with E-state index in [2.05, 4.69) is 30.1 Å². The van der Waals surface area contributed by atoms with E-state index < -0.39 is 0 Å². The van der Waals surface area contributed by atoms with Gasteiger partial charge >= 0.3 is 0 Å². The predicted molar refractivity (Wildman–Crippen MR) is 74.5 cm³/mol. The molecule has 0 saturated heterocycles. The van der Waals surface area contributed by atoms with Crippen LogP contribution < -0.4 is 5.32 Å². The summed E-state index contributed by atoms with van der Waals surface area (Å²) in [5, 5.41) is 14.7. The van der Waals surface area contributed by atoms with Crippen molar-refractivity contribution in [3.8, 4) is 0 Å². The van der Waals surface area contributed by atoms with Crippen LogP contribution in [0, 0.1) is 13.8 Å². The third kappa shape index (κ3) is 2.66. The van der Waals surface area contributed by atoms with Gasteiger partial charge in [-0.3, -0.25) is 9.69 Å². The number of carbonyl (C=O) groups excluding carboxylic acids is 1. The maximum atomic E-state index is 12.3. The van der Waals surface area contributed by atoms with Gasteiger partial charge in [0, 0.05) is 19.2 Å². The van der Waals surface area contributed by atoms with Gasteiger partial charge in [0.2, 0.25) is 5.91 Å². The minimum Gasteiger partial charge on any atom is -0.360 e. The molecular weight excluding hydrogens is 272 g/mol. The molecule has 0 aliphatic carbocycles. The number of nitrogens with zero attached hydrogens (tertiary/aromatic N) is 5. The largest absolute Gasteiger partial charge is 0.360 e. The van der Waals surface area contributed by atoms with Crippen LogP contribution in [-0.4, -0.2) is 43.3 Å². The first-order chi connectivity index (χ1) is 10.0. The van der Waals surface area contributed by atoms with Crippen molar-refractivity contribution >= 4 is 11.7 Å². The molecule has 0 saturated carbocycles. The van der Waals surface area contributed by atoms with Crippen LogP contribution in [0.2, 0.25) is 0 Å². The van der Waals surface area contributed by atoms with Gasteiger partial charge in [0.25, 0.3) is 0 Å². The molecular formula is C13H18N6O2. The van der Waals surface area contributed by atoms with E-state index in [0.29, 0.717) is 18.1 Å². The van der Waals surface area contributed by atoms with Gasteiger partial charge < -0.3 is 14.4 Å². The zero-order valence-electron chi connectivity index (χ0n) is 12.3. The third-order valence-corrected chi connectivity index (χ3v) is 3.77. The molecule has 8 nitrogen and oxygen atoms in total. The van der Waals surface area contributed by atoms with Crippen molar-refractivity contribution in [2.24, 2.45) is 0 Å². The number of rotatable bonds is 3. The molecule has 2 aromatic rings. The molecule has 1 aliphatic heterocycles. The number of carbonyl (C=O) groups is 1. The Morgan fingerprint density at radius 1 is 1.38 bits per heavy atom. The van der Waals surface area contributed by atoms with E-state index in [0.717, 1.165) is 24.7 Å². The van der Waals surface area contributed by atoms with E-state index in [-0.39, 0.29) is 11.9 Å². The van der Waals surface area contributed by atoms with Crippen LogP contribution >= 0.6 is 0 Å². The monoisotopic (exact) mass is 290 g/mol. The Balaban J connectivity index is 1.65. The van der Waals surface area contributed by atoms with Crippen LogP contribution in [0.25, 0.3) is 0 Å². The first-order valence-electron chi connectivity index (χ1n) is 6.91. The second-order valence-electron chi connectivity index (χ2n) is 5.27. The van der Waals surface area contributed by atoms with Gasteiger partial charge in [-0.25, -0.2) is 0 Å². The minimum absolute atomic E-state index is 0.104. The van der Waals surface area contributed by atoms with Crippen molar-refractivity contribution in [3.63, 3.8) is 0 Å². The number of aryl methyl sites for hydroxylation is 2. The standard InChI is InChI=1S/C13H18N6O2/c1-8-6-11(17-21-8)14-13(20)9(2)18-4-5-19-10(3)15-16-12(19)7-18/h6,9H,4-5,7H2,1-3H3,(H,14,17,20)/t9-/m1/s1. The number of anilines is 1. The van der Waals surface area contributed by atoms with Crippen molar-refractivity contribution in [1.29, 1.82) is 0 Å². The van der Waals surface area contributed by atoms with E-state index in [9.17, 15) is 4.79 Å². The Kier molecular flexibility index (Phi) is 3.46. The maximum absolute atomic E-state index is 12.3. The Morgan fingerprint density at radius 2 is 2.19 bits per heavy atom. The van der Waals surface area contributed by atoms with Crippen molar-refractivity contribution in [2.45, 2.75) is 39.9 Å². The van der Waals surface area contributed by atoms with Gasteiger partial charge in [-0.2, -0.15) is 0 Å². The minimum atomic E-state index is -0.271. The molecule has 0 aromatic carbocycles. The normalized spacial score (nSPS) is 16.5. The van der Waals surface area contributed by atoms with Gasteiger partial charge in [-0.05, 0) is 20.8 Å². The summed E-state index contributed by atoms with van der Waals surface area (Å²) >= 11 is 0. The molecule has 0 bridgehead atoms. The molecule has 0 fully saturated rings. The van der Waals surface area contributed by atoms with Crippen molar-refractivity contribution in [1.82, 2.24) is 24.8 Å². The van der Waals surface area contributed by atoms with E-state index in [4.69, 9.17) is 4.52 Å². The number of hydrogen-bond acceptors (Lipinski definition) is 6. The molecule has 0 spiro atoms. The second-order valence-corrected chi connectivity index (χ2v) is 5.27. The number of nitrogens with one attached hydrogen (secondary N) is 1. The highest BCUT2D eigenvalue weighted by Crippen LogP contribution is 2.16. The Labute approximate surface area is 122 Å². The third-order valence-electron chi connectivity index (χ3n) is 3.77. The first-order valence-corrected chi connectivity index (χ1v) is 6.91. The molecule has 3 heterocycles. The van der Waals surface area contributed by atoms with Crippen LogP contribution in [-0.2, 0) is 17.9 Å². The van der Waals surface area contributed by atoms with Crippen molar-refractivity contribution < 1.29 is 9.32 Å². The summed E-state index contributed by atoms with van der Waals surface area (Å²) in [6.07, 6.45) is 0. The van der Waals surface area contributed by atoms with Gasteiger partial charge in [0.05, 0.1) is 12.6 Å². The maximum Gasteiger partial charge on any atom is 0.242 e. The Bertz CT molecular complexity index is 661. The summed E-state index contributed by atoms with van der Waals surface area (Å²) in [6.45, 7) is 7.81. The number of amides is 1. The molecule has 1 atom stereocenters. The average molecular weight is 290 g/mol. The molecule has 1 amide bonds. The molecule has 112 valence electrons. The quantitative estimate of drug-likeness (QED) is 0.896. The van der Waals surface area contributed by atoms with Crippen LogP contribution in [0.5, 0.6) is 0 Å². The SMILES string of the molecule is Cc1cc(NC(=O)[C@@H](C)N2CCn3c(C)nnc3C2)no1. The lowest BCUT2D eigenvalue weighted by atomic mass is 10.2. The van der Waals surface area contributed by atoms with E-state index >= 15 is 0 Å². The van der Waals surface area contributed by atoms with Crippen LogP contribution in [0.15, 0.2) is 10.6 Å². The predicted octanol–water partition coefficient (Wildman–Crippen LogP) is 0.726. The fourth-order valence-corrected chi connectivity index (χ4v) is 2.47.